The molecule has 1 unspecified atom stereocenters. The molecule has 0 aromatic heterocycles. The molecule has 1 saturated carbocycles. The largest absolute Gasteiger partial charge is 0.395 e. The van der Waals surface area contributed by atoms with Crippen molar-refractivity contribution in [2.75, 3.05) is 13.2 Å². The number of nitrogens with two attached hydrogens (primary N) is 1. The summed E-state index contributed by atoms with van der Waals surface area (Å²) >= 11 is 4.90. The van der Waals surface area contributed by atoms with E-state index < -0.39 is 0 Å². The molecule has 0 heterocycles. The summed E-state index contributed by atoms with van der Waals surface area (Å²) in [5, 5.41) is 8.99. The maximum absolute atomic E-state index is 12.2. The van der Waals surface area contributed by atoms with Gasteiger partial charge in [0.15, 0.2) is 0 Å². The standard InChI is InChI=1S/C11H20N2O2S/c1-2-9(10(12)16)11(15)13(6-7-14)8-4-3-5-8/h8-9,14H,2-7H2,1H3,(H2,12,16). The number of aliphatic hydroxyl groups excluding tert-OH is 1. The Balaban J connectivity index is 2.68. The van der Waals surface area contributed by atoms with Crippen LogP contribution in [0, 0.1) is 5.92 Å². The van der Waals surface area contributed by atoms with E-state index in [0.717, 1.165) is 19.3 Å². The fraction of sp³-hybridized carbons (Fsp3) is 0.818. The maximum Gasteiger partial charge on any atom is 0.232 e. The third-order valence-corrected chi connectivity index (χ3v) is 3.47. The van der Waals surface area contributed by atoms with E-state index in [2.05, 4.69) is 0 Å². The second-order valence-electron chi connectivity index (χ2n) is 4.20. The number of carbonyl (C=O) groups is 1. The van der Waals surface area contributed by atoms with Gasteiger partial charge in [-0.3, -0.25) is 4.79 Å². The normalized spacial score (nSPS) is 17.6. The van der Waals surface area contributed by atoms with Gasteiger partial charge in [-0.25, -0.2) is 0 Å². The molecule has 1 aliphatic rings. The Hall–Kier alpha value is -0.680. The van der Waals surface area contributed by atoms with Gasteiger partial charge in [0.2, 0.25) is 5.91 Å². The number of aliphatic hydroxyl groups is 1. The minimum Gasteiger partial charge on any atom is -0.395 e. The number of amides is 1. The van der Waals surface area contributed by atoms with Crippen LogP contribution in [-0.4, -0.2) is 40.1 Å². The molecule has 1 rings (SSSR count). The van der Waals surface area contributed by atoms with Crippen molar-refractivity contribution in [2.24, 2.45) is 11.7 Å². The minimum atomic E-state index is -0.373. The zero-order valence-electron chi connectivity index (χ0n) is 9.69. The monoisotopic (exact) mass is 244 g/mol. The van der Waals surface area contributed by atoms with Crippen LogP contribution in [0.1, 0.15) is 32.6 Å². The molecule has 1 amide bonds. The fourth-order valence-corrected chi connectivity index (χ4v) is 2.24. The predicted molar refractivity (Wildman–Crippen MR) is 67.0 cm³/mol. The van der Waals surface area contributed by atoms with Crippen molar-refractivity contribution in [3.63, 3.8) is 0 Å². The Bertz CT molecular complexity index is 267. The summed E-state index contributed by atoms with van der Waals surface area (Å²) in [5.74, 6) is -0.393. The lowest BCUT2D eigenvalue weighted by Gasteiger charge is -2.38. The molecule has 5 heteroatoms. The first-order chi connectivity index (χ1) is 7.61. The van der Waals surface area contributed by atoms with Gasteiger partial charge in [-0.2, -0.15) is 0 Å². The second-order valence-corrected chi connectivity index (χ2v) is 4.67. The molecule has 92 valence electrons. The van der Waals surface area contributed by atoms with E-state index in [-0.39, 0.29) is 29.5 Å². The molecule has 1 aliphatic carbocycles. The quantitative estimate of drug-likeness (QED) is 0.674. The number of hydrogen-bond acceptors (Lipinski definition) is 3. The summed E-state index contributed by atoms with van der Waals surface area (Å²) in [6.45, 7) is 2.29. The molecule has 4 nitrogen and oxygen atoms in total. The Morgan fingerprint density at radius 1 is 1.62 bits per heavy atom. The van der Waals surface area contributed by atoms with E-state index >= 15 is 0 Å². The van der Waals surface area contributed by atoms with Crippen LogP contribution in [0.15, 0.2) is 0 Å². The van der Waals surface area contributed by atoms with E-state index in [4.69, 9.17) is 23.1 Å². The van der Waals surface area contributed by atoms with Gasteiger partial charge in [-0.05, 0) is 25.7 Å². The molecular formula is C11H20N2O2S. The summed E-state index contributed by atoms with van der Waals surface area (Å²) in [4.78, 5) is 14.2. The van der Waals surface area contributed by atoms with Gasteiger partial charge < -0.3 is 15.7 Å². The summed E-state index contributed by atoms with van der Waals surface area (Å²) in [5.41, 5.74) is 5.56. The van der Waals surface area contributed by atoms with Crippen molar-refractivity contribution in [3.8, 4) is 0 Å². The molecule has 0 aromatic rings. The SMILES string of the molecule is CCC(C(=O)N(CCO)C1CCC1)C(N)=S. The highest BCUT2D eigenvalue weighted by Crippen LogP contribution is 2.26. The topological polar surface area (TPSA) is 66.6 Å². The van der Waals surface area contributed by atoms with Crippen molar-refractivity contribution >= 4 is 23.1 Å². The zero-order valence-corrected chi connectivity index (χ0v) is 10.5. The lowest BCUT2D eigenvalue weighted by molar-refractivity contribution is -0.138. The first-order valence-corrected chi connectivity index (χ1v) is 6.23. The van der Waals surface area contributed by atoms with Crippen molar-refractivity contribution < 1.29 is 9.90 Å². The van der Waals surface area contributed by atoms with Crippen molar-refractivity contribution in [3.05, 3.63) is 0 Å². The van der Waals surface area contributed by atoms with Crippen LogP contribution in [0.25, 0.3) is 0 Å². The first kappa shape index (κ1) is 13.4. The van der Waals surface area contributed by atoms with Gasteiger partial charge in [0, 0.05) is 12.6 Å². The van der Waals surface area contributed by atoms with E-state index in [9.17, 15) is 4.79 Å². The van der Waals surface area contributed by atoms with Crippen LogP contribution < -0.4 is 5.73 Å². The van der Waals surface area contributed by atoms with Gasteiger partial charge in [-0.1, -0.05) is 19.1 Å². The van der Waals surface area contributed by atoms with Crippen LogP contribution in [0.3, 0.4) is 0 Å². The summed E-state index contributed by atoms with van der Waals surface area (Å²) in [7, 11) is 0. The van der Waals surface area contributed by atoms with Crippen molar-refractivity contribution in [2.45, 2.75) is 38.6 Å². The van der Waals surface area contributed by atoms with E-state index in [1.54, 1.807) is 4.90 Å². The average molecular weight is 244 g/mol. The highest BCUT2D eigenvalue weighted by molar-refractivity contribution is 7.80. The van der Waals surface area contributed by atoms with E-state index in [1.807, 2.05) is 6.92 Å². The number of thiocarbonyl (C=S) groups is 1. The number of nitrogens with zero attached hydrogens (tertiary/aromatic N) is 1. The molecule has 3 N–H and O–H groups in total. The Morgan fingerprint density at radius 2 is 2.25 bits per heavy atom. The van der Waals surface area contributed by atoms with Gasteiger partial charge in [0.1, 0.15) is 0 Å². The third-order valence-electron chi connectivity index (χ3n) is 3.19. The highest BCUT2D eigenvalue weighted by atomic mass is 32.1. The van der Waals surface area contributed by atoms with Crippen LogP contribution in [0.2, 0.25) is 0 Å². The van der Waals surface area contributed by atoms with E-state index in [0.29, 0.717) is 13.0 Å². The van der Waals surface area contributed by atoms with Crippen LogP contribution in [-0.2, 0) is 4.79 Å². The molecule has 0 aromatic carbocycles. The van der Waals surface area contributed by atoms with Gasteiger partial charge >= 0.3 is 0 Å². The lowest BCUT2D eigenvalue weighted by atomic mass is 9.90. The Labute approximate surface area is 102 Å². The number of hydrogen-bond donors (Lipinski definition) is 2. The molecule has 0 radical (unpaired) electrons. The zero-order chi connectivity index (χ0) is 12.1. The number of rotatable bonds is 6. The summed E-state index contributed by atoms with van der Waals surface area (Å²) < 4.78 is 0. The van der Waals surface area contributed by atoms with E-state index in [1.165, 1.54) is 0 Å². The maximum atomic E-state index is 12.2. The second kappa shape index (κ2) is 6.15. The van der Waals surface area contributed by atoms with Crippen molar-refractivity contribution in [1.82, 2.24) is 4.90 Å². The molecule has 16 heavy (non-hydrogen) atoms. The fourth-order valence-electron chi connectivity index (χ4n) is 1.98. The first-order valence-electron chi connectivity index (χ1n) is 5.82. The average Bonchev–Trinajstić information content (AvgIpc) is 2.14. The van der Waals surface area contributed by atoms with Gasteiger partial charge in [0.05, 0.1) is 17.5 Å². The van der Waals surface area contributed by atoms with Crippen LogP contribution in [0.5, 0.6) is 0 Å². The predicted octanol–water partition coefficient (Wildman–Crippen LogP) is 0.672. The van der Waals surface area contributed by atoms with Crippen LogP contribution >= 0.6 is 12.2 Å². The van der Waals surface area contributed by atoms with Gasteiger partial charge in [-0.15, -0.1) is 0 Å². The smallest absolute Gasteiger partial charge is 0.232 e. The van der Waals surface area contributed by atoms with Crippen molar-refractivity contribution in [1.29, 1.82) is 0 Å². The molecule has 0 aliphatic heterocycles. The summed E-state index contributed by atoms with van der Waals surface area (Å²) in [6, 6.07) is 0.281. The Kier molecular flexibility index (Phi) is 5.15. The van der Waals surface area contributed by atoms with Crippen LogP contribution in [0.4, 0.5) is 0 Å². The summed E-state index contributed by atoms with van der Waals surface area (Å²) in [6.07, 6.45) is 3.84. The molecule has 0 spiro atoms. The minimum absolute atomic E-state index is 0.00396. The molecule has 1 fully saturated rings. The molecule has 0 saturated heterocycles. The molecular weight excluding hydrogens is 224 g/mol. The molecule has 0 bridgehead atoms. The van der Waals surface area contributed by atoms with Gasteiger partial charge in [0.25, 0.3) is 0 Å². The highest BCUT2D eigenvalue weighted by Gasteiger charge is 2.32. The lowest BCUT2D eigenvalue weighted by Crippen LogP contribution is -2.50. The molecule has 1 atom stereocenters. The number of carbonyl (C=O) groups excluding carboxylic acids is 1. The third kappa shape index (κ3) is 2.92. The Morgan fingerprint density at radius 3 is 2.56 bits per heavy atom.